The fraction of sp³-hybridized carbons (Fsp3) is 0.143. The van der Waals surface area contributed by atoms with Gasteiger partial charge >= 0.3 is 0 Å². The van der Waals surface area contributed by atoms with Crippen LogP contribution in [-0.2, 0) is 0 Å². The molecule has 7 heteroatoms. The number of rotatable bonds is 5. The largest absolute Gasteiger partial charge is 0.387 e. The monoisotopic (exact) mass is 309 g/mol. The van der Waals surface area contributed by atoms with Gasteiger partial charge in [-0.2, -0.15) is 8.78 Å². The summed E-state index contributed by atoms with van der Waals surface area (Å²) in [4.78, 5) is 16.4. The summed E-state index contributed by atoms with van der Waals surface area (Å²) in [6.45, 7) is 0. The molecule has 1 aromatic heterocycles. The van der Waals surface area contributed by atoms with Crippen molar-refractivity contribution in [3.05, 3.63) is 48.3 Å². The maximum Gasteiger partial charge on any atom is 0.288 e. The van der Waals surface area contributed by atoms with Crippen LogP contribution in [0.2, 0.25) is 0 Å². The Morgan fingerprint density at radius 1 is 1.24 bits per heavy atom. The van der Waals surface area contributed by atoms with E-state index in [1.54, 1.807) is 37.4 Å². The first-order valence-electron chi connectivity index (χ1n) is 6.09. The van der Waals surface area contributed by atoms with Crippen molar-refractivity contribution in [3.63, 3.8) is 0 Å². The standard InChI is InChI=1S/C14H13F2N3OS/c1-17-9-6-7-11(18-8-9)13(20)19-10-4-2-3-5-12(10)21-14(15)16/h2-8,14,17H,1H3,(H,19,20). The number of carbonyl (C=O) groups excluding carboxylic acids is 1. The summed E-state index contributed by atoms with van der Waals surface area (Å²) in [5.74, 6) is -2.99. The molecular weight excluding hydrogens is 296 g/mol. The number of nitrogens with one attached hydrogen (secondary N) is 2. The number of pyridine rings is 1. The van der Waals surface area contributed by atoms with Crippen LogP contribution in [0, 0.1) is 0 Å². The lowest BCUT2D eigenvalue weighted by Gasteiger charge is -2.10. The third kappa shape index (κ3) is 4.16. The maximum absolute atomic E-state index is 12.5. The van der Waals surface area contributed by atoms with Crippen molar-refractivity contribution in [2.75, 3.05) is 17.7 Å². The highest BCUT2D eigenvalue weighted by molar-refractivity contribution is 7.99. The van der Waals surface area contributed by atoms with Gasteiger partial charge in [0.05, 0.1) is 17.6 Å². The van der Waals surface area contributed by atoms with Crippen LogP contribution in [0.4, 0.5) is 20.2 Å². The zero-order chi connectivity index (χ0) is 15.2. The zero-order valence-electron chi connectivity index (χ0n) is 11.1. The maximum atomic E-state index is 12.5. The summed E-state index contributed by atoms with van der Waals surface area (Å²) in [6, 6.07) is 9.68. The van der Waals surface area contributed by atoms with E-state index in [0.717, 1.165) is 5.69 Å². The van der Waals surface area contributed by atoms with Gasteiger partial charge in [0.1, 0.15) is 5.69 Å². The van der Waals surface area contributed by atoms with Crippen LogP contribution in [0.1, 0.15) is 10.5 Å². The number of aromatic nitrogens is 1. The molecule has 0 aliphatic carbocycles. The number of halogens is 2. The first kappa shape index (κ1) is 15.2. The van der Waals surface area contributed by atoms with Gasteiger partial charge in [-0.05, 0) is 24.3 Å². The first-order chi connectivity index (χ1) is 10.1. The van der Waals surface area contributed by atoms with Gasteiger partial charge in [0.15, 0.2) is 0 Å². The van der Waals surface area contributed by atoms with Crippen molar-refractivity contribution < 1.29 is 13.6 Å². The van der Waals surface area contributed by atoms with Gasteiger partial charge < -0.3 is 10.6 Å². The highest BCUT2D eigenvalue weighted by Crippen LogP contribution is 2.31. The number of hydrogen-bond acceptors (Lipinski definition) is 4. The lowest BCUT2D eigenvalue weighted by Crippen LogP contribution is -2.14. The summed E-state index contributed by atoms with van der Waals surface area (Å²) in [7, 11) is 1.74. The number of nitrogens with zero attached hydrogens (tertiary/aromatic N) is 1. The average Bonchev–Trinajstić information content (AvgIpc) is 2.49. The van der Waals surface area contributed by atoms with Crippen molar-refractivity contribution in [2.24, 2.45) is 0 Å². The Labute approximate surface area is 125 Å². The third-order valence-corrected chi connectivity index (χ3v) is 3.42. The smallest absolute Gasteiger partial charge is 0.288 e. The van der Waals surface area contributed by atoms with Crippen molar-refractivity contribution in [1.82, 2.24) is 4.98 Å². The second-order valence-electron chi connectivity index (χ2n) is 4.01. The van der Waals surface area contributed by atoms with Crippen LogP contribution >= 0.6 is 11.8 Å². The van der Waals surface area contributed by atoms with Gasteiger partial charge in [-0.3, -0.25) is 4.79 Å². The zero-order valence-corrected chi connectivity index (χ0v) is 12.0. The van der Waals surface area contributed by atoms with Crippen molar-refractivity contribution in [2.45, 2.75) is 10.7 Å². The van der Waals surface area contributed by atoms with Gasteiger partial charge in [-0.25, -0.2) is 4.98 Å². The van der Waals surface area contributed by atoms with Crippen LogP contribution in [0.5, 0.6) is 0 Å². The van der Waals surface area contributed by atoms with Crippen LogP contribution < -0.4 is 10.6 Å². The molecule has 0 atom stereocenters. The van der Waals surface area contributed by atoms with Crippen molar-refractivity contribution in [3.8, 4) is 0 Å². The van der Waals surface area contributed by atoms with E-state index < -0.39 is 11.7 Å². The molecule has 1 aromatic carbocycles. The number of amides is 1. The Morgan fingerprint density at radius 2 is 2.00 bits per heavy atom. The molecule has 0 unspecified atom stereocenters. The van der Waals surface area contributed by atoms with E-state index >= 15 is 0 Å². The van der Waals surface area contributed by atoms with E-state index in [9.17, 15) is 13.6 Å². The highest BCUT2D eigenvalue weighted by atomic mass is 32.2. The summed E-state index contributed by atoms with van der Waals surface area (Å²) < 4.78 is 25.0. The Bertz CT molecular complexity index is 620. The number of para-hydroxylation sites is 1. The Kier molecular flexibility index (Phi) is 5.10. The lowest BCUT2D eigenvalue weighted by molar-refractivity contribution is 0.102. The van der Waals surface area contributed by atoms with E-state index in [1.807, 2.05) is 0 Å². The van der Waals surface area contributed by atoms with Crippen LogP contribution in [-0.4, -0.2) is 23.7 Å². The molecule has 0 aliphatic heterocycles. The summed E-state index contributed by atoms with van der Waals surface area (Å²) in [5.41, 5.74) is 1.33. The first-order valence-corrected chi connectivity index (χ1v) is 6.97. The predicted octanol–water partition coefficient (Wildman–Crippen LogP) is 3.69. The van der Waals surface area contributed by atoms with Gasteiger partial charge in [-0.15, -0.1) is 0 Å². The highest BCUT2D eigenvalue weighted by Gasteiger charge is 2.13. The van der Waals surface area contributed by atoms with Crippen molar-refractivity contribution in [1.29, 1.82) is 0 Å². The Morgan fingerprint density at radius 3 is 2.62 bits per heavy atom. The van der Waals surface area contributed by atoms with E-state index in [0.29, 0.717) is 22.3 Å². The van der Waals surface area contributed by atoms with Gasteiger partial charge in [0.2, 0.25) is 0 Å². The molecule has 0 bridgehead atoms. The van der Waals surface area contributed by atoms with Gasteiger partial charge in [0, 0.05) is 11.9 Å². The molecule has 4 nitrogen and oxygen atoms in total. The average molecular weight is 309 g/mol. The molecule has 21 heavy (non-hydrogen) atoms. The predicted molar refractivity (Wildman–Crippen MR) is 80.0 cm³/mol. The van der Waals surface area contributed by atoms with Gasteiger partial charge in [-0.1, -0.05) is 23.9 Å². The lowest BCUT2D eigenvalue weighted by atomic mass is 10.3. The van der Waals surface area contributed by atoms with Crippen molar-refractivity contribution >= 4 is 29.0 Å². The van der Waals surface area contributed by atoms with Gasteiger partial charge in [0.25, 0.3) is 11.7 Å². The SMILES string of the molecule is CNc1ccc(C(=O)Nc2ccccc2SC(F)F)nc1. The van der Waals surface area contributed by atoms with E-state index in [1.165, 1.54) is 12.3 Å². The fourth-order valence-electron chi connectivity index (χ4n) is 1.63. The number of thioether (sulfide) groups is 1. The number of anilines is 2. The van der Waals surface area contributed by atoms with Crippen LogP contribution in [0.3, 0.4) is 0 Å². The molecule has 0 radical (unpaired) electrons. The summed E-state index contributed by atoms with van der Waals surface area (Å²) in [5, 5.41) is 5.49. The van der Waals surface area contributed by atoms with E-state index in [2.05, 4.69) is 15.6 Å². The molecule has 2 rings (SSSR count). The molecule has 1 amide bonds. The fourth-order valence-corrected chi connectivity index (χ4v) is 2.23. The quantitative estimate of drug-likeness (QED) is 0.827. The Balaban J connectivity index is 2.15. The summed E-state index contributed by atoms with van der Waals surface area (Å²) in [6.07, 6.45) is 1.52. The molecule has 2 N–H and O–H groups in total. The number of alkyl halides is 2. The molecule has 0 spiro atoms. The Hall–Kier alpha value is -2.15. The molecule has 110 valence electrons. The van der Waals surface area contributed by atoms with Crippen LogP contribution in [0.25, 0.3) is 0 Å². The number of hydrogen-bond donors (Lipinski definition) is 2. The number of carbonyl (C=O) groups is 1. The van der Waals surface area contributed by atoms with E-state index in [-0.39, 0.29) is 5.69 Å². The second kappa shape index (κ2) is 7.03. The minimum Gasteiger partial charge on any atom is -0.387 e. The number of benzene rings is 1. The van der Waals surface area contributed by atoms with Crippen LogP contribution in [0.15, 0.2) is 47.5 Å². The summed E-state index contributed by atoms with van der Waals surface area (Å²) >= 11 is 0.390. The van der Waals surface area contributed by atoms with E-state index in [4.69, 9.17) is 0 Å². The molecule has 2 aromatic rings. The minimum atomic E-state index is -2.55. The second-order valence-corrected chi connectivity index (χ2v) is 5.04. The third-order valence-electron chi connectivity index (χ3n) is 2.64. The molecule has 0 aliphatic rings. The molecule has 0 saturated heterocycles. The minimum absolute atomic E-state index is 0.214. The topological polar surface area (TPSA) is 54.0 Å². The molecule has 0 saturated carbocycles. The molecular formula is C14H13F2N3OS. The normalized spacial score (nSPS) is 10.5. The molecule has 0 fully saturated rings. The molecule has 1 heterocycles.